The Morgan fingerprint density at radius 2 is 1.75 bits per heavy atom. The van der Waals surface area contributed by atoms with E-state index in [9.17, 15) is 14.9 Å². The number of carbonyl (C=O) groups is 1. The quantitative estimate of drug-likeness (QED) is 0.491. The van der Waals surface area contributed by atoms with Gasteiger partial charge in [0.1, 0.15) is 0 Å². The van der Waals surface area contributed by atoms with Gasteiger partial charge in [0.25, 0.3) is 5.91 Å². The van der Waals surface area contributed by atoms with E-state index < -0.39 is 10.8 Å². The molecule has 7 heteroatoms. The summed E-state index contributed by atoms with van der Waals surface area (Å²) in [5, 5.41) is 14.0. The molecule has 0 fully saturated rings. The number of anilines is 1. The summed E-state index contributed by atoms with van der Waals surface area (Å²) in [4.78, 5) is 27.1. The van der Waals surface area contributed by atoms with Crippen LogP contribution in [-0.2, 0) is 6.42 Å². The molecule has 142 valence electrons. The van der Waals surface area contributed by atoms with E-state index >= 15 is 0 Å². The molecule has 1 heterocycles. The highest BCUT2D eigenvalue weighted by molar-refractivity contribution is 6.04. The first-order valence-electron chi connectivity index (χ1n) is 8.77. The molecule has 1 aromatic heterocycles. The number of hydrogen-bond acceptors (Lipinski definition) is 5. The third kappa shape index (κ3) is 4.70. The molecule has 0 saturated heterocycles. The van der Waals surface area contributed by atoms with Crippen LogP contribution in [0, 0.1) is 10.1 Å². The summed E-state index contributed by atoms with van der Waals surface area (Å²) in [6.07, 6.45) is 4.27. The summed E-state index contributed by atoms with van der Waals surface area (Å²) < 4.78 is 5.24. The fraction of sp³-hybridized carbons (Fsp3) is 0.143. The van der Waals surface area contributed by atoms with Crippen molar-refractivity contribution in [1.82, 2.24) is 4.98 Å². The molecule has 3 rings (SSSR count). The number of carbonyl (C=O) groups excluding carboxylic acids is 1. The Kier molecular flexibility index (Phi) is 5.96. The van der Waals surface area contributed by atoms with Crippen LogP contribution in [-0.4, -0.2) is 22.4 Å². The summed E-state index contributed by atoms with van der Waals surface area (Å²) in [5.74, 6) is -0.280. The Bertz CT molecular complexity index is 973. The first kappa shape index (κ1) is 19.0. The van der Waals surface area contributed by atoms with Gasteiger partial charge in [-0.25, -0.2) is 0 Å². The van der Waals surface area contributed by atoms with Crippen molar-refractivity contribution in [2.24, 2.45) is 0 Å². The summed E-state index contributed by atoms with van der Waals surface area (Å²) >= 11 is 0. The van der Waals surface area contributed by atoms with Gasteiger partial charge >= 0.3 is 5.69 Å². The molecule has 0 aliphatic rings. The van der Waals surface area contributed by atoms with Crippen LogP contribution in [0.25, 0.3) is 0 Å². The second-order valence-corrected chi connectivity index (χ2v) is 6.06. The standard InChI is InChI=1S/C21H19N3O4/c1-2-28-20-8-5-17(14-19(20)24(26)27)21(25)23-18-6-3-15(4-7-18)13-16-9-11-22-12-10-16/h3-12,14H,2,13H2,1H3,(H,23,25). The van der Waals surface area contributed by atoms with E-state index in [1.165, 1.54) is 18.2 Å². The monoisotopic (exact) mass is 377 g/mol. The van der Waals surface area contributed by atoms with Gasteiger partial charge in [0.15, 0.2) is 5.75 Å². The first-order valence-corrected chi connectivity index (χ1v) is 8.77. The lowest BCUT2D eigenvalue weighted by molar-refractivity contribution is -0.385. The molecule has 0 aliphatic carbocycles. The fourth-order valence-corrected chi connectivity index (χ4v) is 2.72. The third-order valence-electron chi connectivity index (χ3n) is 4.09. The smallest absolute Gasteiger partial charge is 0.311 e. The lowest BCUT2D eigenvalue weighted by Gasteiger charge is -2.09. The number of nitro benzene ring substituents is 1. The second-order valence-electron chi connectivity index (χ2n) is 6.06. The molecule has 2 aromatic carbocycles. The predicted molar refractivity (Wildman–Crippen MR) is 106 cm³/mol. The van der Waals surface area contributed by atoms with Crippen molar-refractivity contribution in [3.8, 4) is 5.75 Å². The molecule has 0 unspecified atom stereocenters. The number of aromatic nitrogens is 1. The largest absolute Gasteiger partial charge is 0.487 e. The van der Waals surface area contributed by atoms with Crippen molar-refractivity contribution >= 4 is 17.3 Å². The number of amides is 1. The topological polar surface area (TPSA) is 94.4 Å². The molecule has 7 nitrogen and oxygen atoms in total. The molecular formula is C21H19N3O4. The summed E-state index contributed by atoms with van der Waals surface area (Å²) in [6.45, 7) is 2.04. The summed E-state index contributed by atoms with van der Waals surface area (Å²) in [5.41, 5.74) is 2.81. The number of ether oxygens (including phenoxy) is 1. The van der Waals surface area contributed by atoms with Crippen molar-refractivity contribution in [3.63, 3.8) is 0 Å². The lowest BCUT2D eigenvalue weighted by atomic mass is 10.1. The normalized spacial score (nSPS) is 10.3. The van der Waals surface area contributed by atoms with Crippen molar-refractivity contribution in [2.75, 3.05) is 11.9 Å². The average molecular weight is 377 g/mol. The Balaban J connectivity index is 1.70. The van der Waals surface area contributed by atoms with Gasteiger partial charge in [-0.2, -0.15) is 0 Å². The minimum Gasteiger partial charge on any atom is -0.487 e. The Morgan fingerprint density at radius 3 is 2.39 bits per heavy atom. The third-order valence-corrected chi connectivity index (χ3v) is 4.09. The van der Waals surface area contributed by atoms with Crippen molar-refractivity contribution < 1.29 is 14.5 Å². The van der Waals surface area contributed by atoms with Gasteiger partial charge in [0.05, 0.1) is 11.5 Å². The number of nitrogens with one attached hydrogen (secondary N) is 1. The molecular weight excluding hydrogens is 358 g/mol. The van der Waals surface area contributed by atoms with Crippen molar-refractivity contribution in [2.45, 2.75) is 13.3 Å². The van der Waals surface area contributed by atoms with Gasteiger partial charge in [-0.1, -0.05) is 12.1 Å². The zero-order valence-corrected chi connectivity index (χ0v) is 15.3. The maximum absolute atomic E-state index is 12.5. The molecule has 1 amide bonds. The molecule has 3 aromatic rings. The van der Waals surface area contributed by atoms with Gasteiger partial charge in [-0.05, 0) is 60.9 Å². The van der Waals surface area contributed by atoms with E-state index in [1.54, 1.807) is 31.5 Å². The molecule has 0 spiro atoms. The van der Waals surface area contributed by atoms with Crippen LogP contribution in [0.3, 0.4) is 0 Å². The number of rotatable bonds is 7. The SMILES string of the molecule is CCOc1ccc(C(=O)Nc2ccc(Cc3ccncc3)cc2)cc1[N+](=O)[O-]. The second kappa shape index (κ2) is 8.77. The van der Waals surface area contributed by atoms with Gasteiger partial charge in [0, 0.05) is 29.7 Å². The Hall–Kier alpha value is -3.74. The zero-order chi connectivity index (χ0) is 19.9. The zero-order valence-electron chi connectivity index (χ0n) is 15.3. The van der Waals surface area contributed by atoms with Crippen LogP contribution >= 0.6 is 0 Å². The number of nitro groups is 1. The van der Waals surface area contributed by atoms with Crippen molar-refractivity contribution in [1.29, 1.82) is 0 Å². The maximum Gasteiger partial charge on any atom is 0.311 e. The van der Waals surface area contributed by atoms with E-state index in [0.717, 1.165) is 17.5 Å². The van der Waals surface area contributed by atoms with Crippen molar-refractivity contribution in [3.05, 3.63) is 93.8 Å². The molecule has 0 bridgehead atoms. The van der Waals surface area contributed by atoms with E-state index in [0.29, 0.717) is 12.3 Å². The molecule has 0 atom stereocenters. The van der Waals surface area contributed by atoms with Crippen LogP contribution < -0.4 is 10.1 Å². The first-order chi connectivity index (χ1) is 13.6. The van der Waals surface area contributed by atoms with Gasteiger partial charge in [-0.15, -0.1) is 0 Å². The van der Waals surface area contributed by atoms with E-state index in [-0.39, 0.29) is 17.0 Å². The van der Waals surface area contributed by atoms with Gasteiger partial charge in [-0.3, -0.25) is 19.9 Å². The van der Waals surface area contributed by atoms with Crippen LogP contribution in [0.2, 0.25) is 0 Å². The van der Waals surface area contributed by atoms with E-state index in [1.807, 2.05) is 24.3 Å². The molecule has 28 heavy (non-hydrogen) atoms. The van der Waals surface area contributed by atoms with Crippen LogP contribution in [0.15, 0.2) is 67.0 Å². The summed E-state index contributed by atoms with van der Waals surface area (Å²) in [7, 11) is 0. The number of hydrogen-bond donors (Lipinski definition) is 1. The number of pyridine rings is 1. The van der Waals surface area contributed by atoms with Gasteiger partial charge in [0.2, 0.25) is 0 Å². The molecule has 1 N–H and O–H groups in total. The summed E-state index contributed by atoms with van der Waals surface area (Å²) in [6, 6.07) is 15.5. The maximum atomic E-state index is 12.5. The molecule has 0 saturated carbocycles. The number of benzene rings is 2. The van der Waals surface area contributed by atoms with Crippen LogP contribution in [0.4, 0.5) is 11.4 Å². The fourth-order valence-electron chi connectivity index (χ4n) is 2.72. The lowest BCUT2D eigenvalue weighted by Crippen LogP contribution is -2.12. The highest BCUT2D eigenvalue weighted by Gasteiger charge is 2.18. The predicted octanol–water partition coefficient (Wildman–Crippen LogP) is 4.23. The Labute approximate surface area is 162 Å². The Morgan fingerprint density at radius 1 is 1.07 bits per heavy atom. The minimum absolute atomic E-state index is 0.143. The molecule has 0 aliphatic heterocycles. The number of nitrogens with zero attached hydrogens (tertiary/aromatic N) is 2. The minimum atomic E-state index is -0.560. The highest BCUT2D eigenvalue weighted by Crippen LogP contribution is 2.28. The van der Waals surface area contributed by atoms with E-state index in [2.05, 4.69) is 10.3 Å². The average Bonchev–Trinajstić information content (AvgIpc) is 2.70. The molecule has 0 radical (unpaired) electrons. The van der Waals surface area contributed by atoms with E-state index in [4.69, 9.17) is 4.74 Å². The van der Waals surface area contributed by atoms with Crippen LogP contribution in [0.5, 0.6) is 5.75 Å². The highest BCUT2D eigenvalue weighted by atomic mass is 16.6. The van der Waals surface area contributed by atoms with Gasteiger partial charge < -0.3 is 10.1 Å². The van der Waals surface area contributed by atoms with Crippen LogP contribution in [0.1, 0.15) is 28.4 Å².